The Bertz CT molecular complexity index is 428. The summed E-state index contributed by atoms with van der Waals surface area (Å²) in [5.41, 5.74) is 1.39. The molecule has 1 aromatic heterocycles. The van der Waals surface area contributed by atoms with E-state index in [9.17, 15) is 9.90 Å². The fourth-order valence-corrected chi connectivity index (χ4v) is 2.61. The molecule has 1 aromatic rings. The van der Waals surface area contributed by atoms with Crippen LogP contribution in [0.25, 0.3) is 0 Å². The van der Waals surface area contributed by atoms with Crippen molar-refractivity contribution >= 4 is 5.97 Å². The lowest BCUT2D eigenvalue weighted by Gasteiger charge is -2.18. The van der Waals surface area contributed by atoms with Gasteiger partial charge in [0.2, 0.25) is 0 Å². The van der Waals surface area contributed by atoms with E-state index in [1.165, 1.54) is 0 Å². The van der Waals surface area contributed by atoms with Crippen LogP contribution in [0.5, 0.6) is 0 Å². The van der Waals surface area contributed by atoms with Crippen LogP contribution in [0, 0.1) is 0 Å². The maximum absolute atomic E-state index is 11.8. The molecule has 2 rings (SSSR count). The molecule has 1 aliphatic carbocycles. The zero-order valence-electron chi connectivity index (χ0n) is 10.9. The highest BCUT2D eigenvalue weighted by molar-refractivity contribution is 5.90. The molecule has 5 heteroatoms. The number of carbonyl (C=O) groups is 1. The van der Waals surface area contributed by atoms with E-state index >= 15 is 0 Å². The minimum atomic E-state index is -0.356. The van der Waals surface area contributed by atoms with Gasteiger partial charge in [0.05, 0.1) is 30.6 Å². The van der Waals surface area contributed by atoms with Gasteiger partial charge in [0.1, 0.15) is 5.56 Å². The van der Waals surface area contributed by atoms with Gasteiger partial charge >= 0.3 is 5.97 Å². The Morgan fingerprint density at radius 1 is 1.56 bits per heavy atom. The number of hydrogen-bond acceptors (Lipinski definition) is 4. The molecule has 1 heterocycles. The van der Waals surface area contributed by atoms with E-state index < -0.39 is 0 Å². The van der Waals surface area contributed by atoms with Crippen molar-refractivity contribution in [1.82, 2.24) is 9.78 Å². The Kier molecular flexibility index (Phi) is 4.01. The minimum Gasteiger partial charge on any atom is -0.462 e. The summed E-state index contributed by atoms with van der Waals surface area (Å²) < 4.78 is 6.83. The molecule has 18 heavy (non-hydrogen) atoms. The topological polar surface area (TPSA) is 64.3 Å². The van der Waals surface area contributed by atoms with Gasteiger partial charge in [-0.1, -0.05) is 6.92 Å². The maximum Gasteiger partial charge on any atom is 0.341 e. The Balaban J connectivity index is 2.29. The smallest absolute Gasteiger partial charge is 0.341 e. The first kappa shape index (κ1) is 13.1. The van der Waals surface area contributed by atoms with Crippen LogP contribution in [0.1, 0.15) is 55.2 Å². The van der Waals surface area contributed by atoms with Gasteiger partial charge in [-0.05, 0) is 32.6 Å². The summed E-state index contributed by atoms with van der Waals surface area (Å²) in [4.78, 5) is 11.8. The first-order valence-electron chi connectivity index (χ1n) is 6.60. The van der Waals surface area contributed by atoms with Crippen molar-refractivity contribution in [3.63, 3.8) is 0 Å². The van der Waals surface area contributed by atoms with Crippen LogP contribution in [0.4, 0.5) is 0 Å². The van der Waals surface area contributed by atoms with Gasteiger partial charge in [0.15, 0.2) is 0 Å². The van der Waals surface area contributed by atoms with Crippen LogP contribution in [-0.4, -0.2) is 33.6 Å². The number of aliphatic hydroxyl groups excluding tert-OH is 1. The molecule has 5 nitrogen and oxygen atoms in total. The zero-order chi connectivity index (χ0) is 13.1. The van der Waals surface area contributed by atoms with Crippen molar-refractivity contribution in [3.8, 4) is 0 Å². The Hall–Kier alpha value is -1.36. The number of nitrogens with zero attached hydrogens (tertiary/aromatic N) is 2. The molecule has 1 N–H and O–H groups in total. The van der Waals surface area contributed by atoms with E-state index in [4.69, 9.17) is 4.74 Å². The summed E-state index contributed by atoms with van der Waals surface area (Å²) in [6.45, 7) is 4.13. The normalized spacial score (nSPS) is 23.3. The molecule has 0 spiro atoms. The number of carbonyl (C=O) groups excluding carboxylic acids is 1. The highest BCUT2D eigenvalue weighted by Gasteiger charge is 2.30. The summed E-state index contributed by atoms with van der Waals surface area (Å²) in [6.07, 6.45) is 4.63. The Labute approximate surface area is 107 Å². The second-order valence-corrected chi connectivity index (χ2v) is 4.59. The summed E-state index contributed by atoms with van der Waals surface area (Å²) >= 11 is 0. The van der Waals surface area contributed by atoms with Crippen LogP contribution >= 0.6 is 0 Å². The number of esters is 1. The minimum absolute atomic E-state index is 0.00289. The van der Waals surface area contributed by atoms with Gasteiger partial charge in [-0.3, -0.25) is 4.68 Å². The molecule has 0 saturated heterocycles. The van der Waals surface area contributed by atoms with Crippen LogP contribution in [0.3, 0.4) is 0 Å². The molecule has 2 atom stereocenters. The van der Waals surface area contributed by atoms with E-state index in [1.54, 1.807) is 13.1 Å². The monoisotopic (exact) mass is 252 g/mol. The number of rotatable bonds is 4. The number of aromatic nitrogens is 2. The SMILES string of the molecule is CCOC(=O)c1cnn(C2CCCC2O)c1CC. The van der Waals surface area contributed by atoms with Crippen molar-refractivity contribution in [2.75, 3.05) is 6.61 Å². The second-order valence-electron chi connectivity index (χ2n) is 4.59. The second kappa shape index (κ2) is 5.52. The highest BCUT2D eigenvalue weighted by Crippen LogP contribution is 2.31. The van der Waals surface area contributed by atoms with Gasteiger partial charge in [-0.15, -0.1) is 0 Å². The van der Waals surface area contributed by atoms with E-state index in [0.29, 0.717) is 18.6 Å². The molecule has 0 aliphatic heterocycles. The molecule has 100 valence electrons. The summed E-state index contributed by atoms with van der Waals surface area (Å²) in [7, 11) is 0. The molecule has 1 fully saturated rings. The average Bonchev–Trinajstić information content (AvgIpc) is 2.94. The molecule has 2 unspecified atom stereocenters. The van der Waals surface area contributed by atoms with E-state index in [0.717, 1.165) is 25.0 Å². The van der Waals surface area contributed by atoms with Crippen LogP contribution in [0.2, 0.25) is 0 Å². The molecule has 0 aromatic carbocycles. The summed E-state index contributed by atoms with van der Waals surface area (Å²) in [5, 5.41) is 14.2. The lowest BCUT2D eigenvalue weighted by Crippen LogP contribution is -2.21. The standard InChI is InChI=1S/C13H20N2O3/c1-3-10-9(13(17)18-4-2)8-14-15(10)11-6-5-7-12(11)16/h8,11-12,16H,3-7H2,1-2H3. The molecular weight excluding hydrogens is 232 g/mol. The third-order valence-electron chi connectivity index (χ3n) is 3.49. The Morgan fingerprint density at radius 2 is 2.33 bits per heavy atom. The molecule has 0 radical (unpaired) electrons. The lowest BCUT2D eigenvalue weighted by molar-refractivity contribution is 0.0524. The predicted molar refractivity (Wildman–Crippen MR) is 66.5 cm³/mol. The van der Waals surface area contributed by atoms with Crippen molar-refractivity contribution in [3.05, 3.63) is 17.5 Å². The van der Waals surface area contributed by atoms with Crippen molar-refractivity contribution < 1.29 is 14.6 Å². The summed E-state index contributed by atoms with van der Waals surface area (Å²) in [5.74, 6) is -0.326. The first-order chi connectivity index (χ1) is 8.69. The van der Waals surface area contributed by atoms with Gasteiger partial charge in [0.25, 0.3) is 0 Å². The molecule has 0 amide bonds. The third kappa shape index (κ3) is 2.27. The number of hydrogen-bond donors (Lipinski definition) is 1. The van der Waals surface area contributed by atoms with Gasteiger partial charge in [0, 0.05) is 0 Å². The Morgan fingerprint density at radius 3 is 2.89 bits per heavy atom. The molecular formula is C13H20N2O3. The fourth-order valence-electron chi connectivity index (χ4n) is 2.61. The number of aliphatic hydroxyl groups is 1. The largest absolute Gasteiger partial charge is 0.462 e. The predicted octanol–water partition coefficient (Wildman–Crippen LogP) is 1.71. The average molecular weight is 252 g/mol. The van der Waals surface area contributed by atoms with Crippen LogP contribution in [0.15, 0.2) is 6.20 Å². The fraction of sp³-hybridized carbons (Fsp3) is 0.692. The summed E-state index contributed by atoms with van der Waals surface area (Å²) in [6, 6.07) is 0.00289. The molecule has 0 bridgehead atoms. The van der Waals surface area contributed by atoms with Gasteiger partial charge in [-0.25, -0.2) is 4.79 Å². The van der Waals surface area contributed by atoms with Crippen LogP contribution in [-0.2, 0) is 11.2 Å². The third-order valence-corrected chi connectivity index (χ3v) is 3.49. The van der Waals surface area contributed by atoms with Crippen molar-refractivity contribution in [2.45, 2.75) is 51.7 Å². The van der Waals surface area contributed by atoms with Gasteiger partial charge < -0.3 is 9.84 Å². The maximum atomic E-state index is 11.8. The lowest BCUT2D eigenvalue weighted by atomic mass is 10.1. The quantitative estimate of drug-likeness (QED) is 0.828. The van der Waals surface area contributed by atoms with E-state index in [-0.39, 0.29) is 18.1 Å². The molecule has 1 saturated carbocycles. The van der Waals surface area contributed by atoms with E-state index in [1.807, 2.05) is 11.6 Å². The zero-order valence-corrected chi connectivity index (χ0v) is 10.9. The van der Waals surface area contributed by atoms with Crippen LogP contribution < -0.4 is 0 Å². The van der Waals surface area contributed by atoms with Crippen molar-refractivity contribution in [1.29, 1.82) is 0 Å². The number of ether oxygens (including phenoxy) is 1. The van der Waals surface area contributed by atoms with Crippen molar-refractivity contribution in [2.24, 2.45) is 0 Å². The highest BCUT2D eigenvalue weighted by atomic mass is 16.5. The van der Waals surface area contributed by atoms with Gasteiger partial charge in [-0.2, -0.15) is 5.10 Å². The first-order valence-corrected chi connectivity index (χ1v) is 6.60. The molecule has 1 aliphatic rings. The van der Waals surface area contributed by atoms with E-state index in [2.05, 4.69) is 5.10 Å².